The van der Waals surface area contributed by atoms with E-state index in [1.807, 2.05) is 6.92 Å². The van der Waals surface area contributed by atoms with Crippen molar-refractivity contribution in [1.82, 2.24) is 0 Å². The van der Waals surface area contributed by atoms with E-state index in [0.717, 1.165) is 12.8 Å². The Bertz CT molecular complexity index is 121. The van der Waals surface area contributed by atoms with E-state index in [0.29, 0.717) is 0 Å². The molecule has 0 aromatic heterocycles. The first-order valence-electron chi connectivity index (χ1n) is 4.80. The minimum absolute atomic E-state index is 0.0758. The van der Waals surface area contributed by atoms with Gasteiger partial charge >= 0.3 is 5.97 Å². The lowest BCUT2D eigenvalue weighted by atomic mass is 10.0. The first-order valence-corrected chi connectivity index (χ1v) is 4.80. The van der Waals surface area contributed by atoms with E-state index in [1.54, 1.807) is 0 Å². The van der Waals surface area contributed by atoms with Gasteiger partial charge in [0.25, 0.3) is 0 Å². The largest absolute Gasteiger partial charge is 0.469 e. The smallest absolute Gasteiger partial charge is 0.308 e. The van der Waals surface area contributed by atoms with Crippen LogP contribution in [0, 0.1) is 5.92 Å². The molecule has 0 aromatic carbocycles. The van der Waals surface area contributed by atoms with Crippen LogP contribution >= 0.6 is 0 Å². The number of hydrogen-bond acceptors (Lipinski definition) is 2. The lowest BCUT2D eigenvalue weighted by Gasteiger charge is -2.07. The summed E-state index contributed by atoms with van der Waals surface area (Å²) in [5.41, 5.74) is 0. The van der Waals surface area contributed by atoms with E-state index in [-0.39, 0.29) is 11.9 Å². The van der Waals surface area contributed by atoms with E-state index in [4.69, 9.17) is 0 Å². The number of ether oxygens (including phenoxy) is 1. The second-order valence-corrected chi connectivity index (χ2v) is 3.27. The normalized spacial score (nSPS) is 12.6. The molecule has 0 aliphatic carbocycles. The summed E-state index contributed by atoms with van der Waals surface area (Å²) in [7, 11) is 1.45. The molecule has 2 heteroatoms. The molecular formula is C10H20O2. The lowest BCUT2D eigenvalue weighted by molar-refractivity contribution is -0.145. The Morgan fingerprint density at radius 1 is 1.33 bits per heavy atom. The van der Waals surface area contributed by atoms with Gasteiger partial charge in [0.15, 0.2) is 0 Å². The number of unbranched alkanes of at least 4 members (excludes halogenated alkanes) is 3. The van der Waals surface area contributed by atoms with Crippen molar-refractivity contribution in [2.75, 3.05) is 7.11 Å². The summed E-state index contributed by atoms with van der Waals surface area (Å²) in [5, 5.41) is 0. The van der Waals surface area contributed by atoms with Gasteiger partial charge in [-0.15, -0.1) is 0 Å². The van der Waals surface area contributed by atoms with Crippen LogP contribution in [0.15, 0.2) is 0 Å². The van der Waals surface area contributed by atoms with Crippen LogP contribution < -0.4 is 0 Å². The fourth-order valence-electron chi connectivity index (χ4n) is 1.20. The molecule has 0 amide bonds. The van der Waals surface area contributed by atoms with Crippen molar-refractivity contribution in [2.24, 2.45) is 5.92 Å². The lowest BCUT2D eigenvalue weighted by Crippen LogP contribution is -2.12. The molecule has 12 heavy (non-hydrogen) atoms. The Morgan fingerprint density at radius 3 is 2.50 bits per heavy atom. The molecule has 0 radical (unpaired) electrons. The van der Waals surface area contributed by atoms with Crippen LogP contribution in [0.4, 0.5) is 0 Å². The number of carbonyl (C=O) groups is 1. The minimum Gasteiger partial charge on any atom is -0.469 e. The molecule has 0 saturated heterocycles. The van der Waals surface area contributed by atoms with Crippen LogP contribution in [0.25, 0.3) is 0 Å². The van der Waals surface area contributed by atoms with Gasteiger partial charge in [-0.05, 0) is 6.42 Å². The fraction of sp³-hybridized carbons (Fsp3) is 0.900. The summed E-state index contributed by atoms with van der Waals surface area (Å²) >= 11 is 0. The van der Waals surface area contributed by atoms with Gasteiger partial charge in [-0.25, -0.2) is 0 Å². The van der Waals surface area contributed by atoms with Crippen molar-refractivity contribution in [3.05, 3.63) is 0 Å². The van der Waals surface area contributed by atoms with Gasteiger partial charge in [0.1, 0.15) is 0 Å². The summed E-state index contributed by atoms with van der Waals surface area (Å²) in [4.78, 5) is 11.0. The maximum absolute atomic E-state index is 11.0. The summed E-state index contributed by atoms with van der Waals surface area (Å²) < 4.78 is 4.63. The van der Waals surface area contributed by atoms with E-state index >= 15 is 0 Å². The Balaban J connectivity index is 3.31. The highest BCUT2D eigenvalue weighted by Gasteiger charge is 2.11. The molecule has 0 bridgehead atoms. The third-order valence-electron chi connectivity index (χ3n) is 2.09. The second-order valence-electron chi connectivity index (χ2n) is 3.27. The van der Waals surface area contributed by atoms with Crippen LogP contribution in [0.2, 0.25) is 0 Å². The van der Waals surface area contributed by atoms with Crippen LogP contribution in [0.5, 0.6) is 0 Å². The molecule has 0 fully saturated rings. The van der Waals surface area contributed by atoms with Crippen LogP contribution in [0.1, 0.15) is 46.0 Å². The number of rotatable bonds is 6. The first-order chi connectivity index (χ1) is 5.72. The van der Waals surface area contributed by atoms with Crippen LogP contribution in [0.3, 0.4) is 0 Å². The van der Waals surface area contributed by atoms with E-state index in [9.17, 15) is 4.79 Å². The van der Waals surface area contributed by atoms with E-state index in [1.165, 1.54) is 26.4 Å². The molecule has 0 aliphatic rings. The quantitative estimate of drug-likeness (QED) is 0.455. The molecule has 0 aromatic rings. The van der Waals surface area contributed by atoms with Gasteiger partial charge in [-0.1, -0.05) is 39.5 Å². The summed E-state index contributed by atoms with van der Waals surface area (Å²) in [5.74, 6) is -0.00152. The molecule has 1 unspecified atom stereocenters. The summed E-state index contributed by atoms with van der Waals surface area (Å²) in [6.45, 7) is 4.11. The zero-order chi connectivity index (χ0) is 9.40. The molecule has 0 heterocycles. The van der Waals surface area contributed by atoms with E-state index < -0.39 is 0 Å². The minimum atomic E-state index is -0.0773. The molecule has 72 valence electrons. The van der Waals surface area contributed by atoms with Gasteiger partial charge in [-0.3, -0.25) is 4.79 Å². The van der Waals surface area contributed by atoms with Crippen LogP contribution in [-0.2, 0) is 9.53 Å². The molecule has 0 rings (SSSR count). The molecule has 2 nitrogen and oxygen atoms in total. The summed E-state index contributed by atoms with van der Waals surface area (Å²) in [6.07, 6.45) is 5.86. The zero-order valence-corrected chi connectivity index (χ0v) is 8.43. The Hall–Kier alpha value is -0.530. The van der Waals surface area contributed by atoms with Gasteiger partial charge < -0.3 is 4.74 Å². The average molecular weight is 172 g/mol. The van der Waals surface area contributed by atoms with Gasteiger partial charge in [-0.2, -0.15) is 0 Å². The second kappa shape index (κ2) is 7.14. The number of esters is 1. The van der Waals surface area contributed by atoms with Crippen molar-refractivity contribution in [3.63, 3.8) is 0 Å². The first kappa shape index (κ1) is 11.5. The zero-order valence-electron chi connectivity index (χ0n) is 8.43. The fourth-order valence-corrected chi connectivity index (χ4v) is 1.20. The molecule has 0 aliphatic heterocycles. The number of methoxy groups -OCH3 is 1. The van der Waals surface area contributed by atoms with Gasteiger partial charge in [0.2, 0.25) is 0 Å². The highest BCUT2D eigenvalue weighted by molar-refractivity contribution is 5.71. The van der Waals surface area contributed by atoms with Crippen molar-refractivity contribution in [3.8, 4) is 0 Å². The van der Waals surface area contributed by atoms with Gasteiger partial charge in [0.05, 0.1) is 13.0 Å². The molecule has 0 spiro atoms. The van der Waals surface area contributed by atoms with Crippen molar-refractivity contribution >= 4 is 5.97 Å². The maximum atomic E-state index is 11.0. The number of carbonyl (C=O) groups excluding carboxylic acids is 1. The SMILES string of the molecule is CCCCCCC(C)C(=O)OC. The highest BCUT2D eigenvalue weighted by Crippen LogP contribution is 2.11. The molecule has 0 saturated carbocycles. The molecule has 1 atom stereocenters. The predicted molar refractivity (Wildman–Crippen MR) is 49.9 cm³/mol. The Morgan fingerprint density at radius 2 is 2.00 bits per heavy atom. The monoisotopic (exact) mass is 172 g/mol. The molecular weight excluding hydrogens is 152 g/mol. The topological polar surface area (TPSA) is 26.3 Å². The predicted octanol–water partition coefficient (Wildman–Crippen LogP) is 2.77. The standard InChI is InChI=1S/C10H20O2/c1-4-5-6-7-8-9(2)10(11)12-3/h9H,4-8H2,1-3H3. The molecule has 0 N–H and O–H groups in total. The van der Waals surface area contributed by atoms with Crippen molar-refractivity contribution < 1.29 is 9.53 Å². The van der Waals surface area contributed by atoms with Crippen molar-refractivity contribution in [1.29, 1.82) is 0 Å². The average Bonchev–Trinajstić information content (AvgIpc) is 2.10. The maximum Gasteiger partial charge on any atom is 0.308 e. The van der Waals surface area contributed by atoms with E-state index in [2.05, 4.69) is 11.7 Å². The Labute approximate surface area is 75.3 Å². The third-order valence-corrected chi connectivity index (χ3v) is 2.09. The third kappa shape index (κ3) is 5.16. The Kier molecular flexibility index (Phi) is 6.82. The van der Waals surface area contributed by atoms with Gasteiger partial charge in [0, 0.05) is 0 Å². The highest BCUT2D eigenvalue weighted by atomic mass is 16.5. The number of hydrogen-bond donors (Lipinski definition) is 0. The summed E-state index contributed by atoms with van der Waals surface area (Å²) in [6, 6.07) is 0. The van der Waals surface area contributed by atoms with Crippen LogP contribution in [-0.4, -0.2) is 13.1 Å². The van der Waals surface area contributed by atoms with Crippen molar-refractivity contribution in [2.45, 2.75) is 46.0 Å².